The summed E-state index contributed by atoms with van der Waals surface area (Å²) < 4.78 is 0. The zero-order valence-electron chi connectivity index (χ0n) is 10.7. The standard InChI is InChI=1S/C16H10Cl3NO/c17-12-7-6-11(15-9(12)4-2-8-20-15)16(21)10-3-1-5-13(18)14(10)19/h1-8,16,21H. The molecular weight excluding hydrogens is 329 g/mol. The van der Waals surface area contributed by atoms with Crippen LogP contribution in [0.2, 0.25) is 15.1 Å². The van der Waals surface area contributed by atoms with Gasteiger partial charge in [-0.2, -0.15) is 0 Å². The van der Waals surface area contributed by atoms with Crippen LogP contribution in [0.4, 0.5) is 0 Å². The van der Waals surface area contributed by atoms with E-state index in [0.29, 0.717) is 31.7 Å². The van der Waals surface area contributed by atoms with E-state index < -0.39 is 6.10 Å². The van der Waals surface area contributed by atoms with Crippen molar-refractivity contribution < 1.29 is 5.11 Å². The van der Waals surface area contributed by atoms with Crippen molar-refractivity contribution in [3.8, 4) is 0 Å². The third-order valence-corrected chi connectivity index (χ3v) is 4.48. The van der Waals surface area contributed by atoms with Gasteiger partial charge in [-0.3, -0.25) is 4.98 Å². The Balaban J connectivity index is 2.21. The van der Waals surface area contributed by atoms with Crippen molar-refractivity contribution >= 4 is 45.7 Å². The maximum atomic E-state index is 10.7. The number of benzene rings is 2. The normalized spacial score (nSPS) is 12.6. The zero-order valence-corrected chi connectivity index (χ0v) is 13.0. The molecule has 1 N–H and O–H groups in total. The van der Waals surface area contributed by atoms with Gasteiger partial charge in [-0.05, 0) is 24.3 Å². The highest BCUT2D eigenvalue weighted by Gasteiger charge is 2.19. The molecular formula is C16H10Cl3NO. The van der Waals surface area contributed by atoms with Crippen molar-refractivity contribution in [3.63, 3.8) is 0 Å². The monoisotopic (exact) mass is 337 g/mol. The summed E-state index contributed by atoms with van der Waals surface area (Å²) in [4.78, 5) is 4.32. The van der Waals surface area contributed by atoms with Gasteiger partial charge in [0.15, 0.2) is 0 Å². The van der Waals surface area contributed by atoms with Crippen LogP contribution in [0.25, 0.3) is 10.9 Å². The summed E-state index contributed by atoms with van der Waals surface area (Å²) in [5, 5.41) is 12.8. The van der Waals surface area contributed by atoms with Gasteiger partial charge in [0.1, 0.15) is 6.10 Å². The van der Waals surface area contributed by atoms with E-state index in [1.165, 1.54) is 0 Å². The first-order valence-electron chi connectivity index (χ1n) is 6.24. The maximum absolute atomic E-state index is 10.7. The molecule has 0 aliphatic carbocycles. The minimum Gasteiger partial charge on any atom is -0.384 e. The molecule has 0 radical (unpaired) electrons. The Morgan fingerprint density at radius 2 is 1.67 bits per heavy atom. The van der Waals surface area contributed by atoms with Crippen molar-refractivity contribution in [2.24, 2.45) is 0 Å². The van der Waals surface area contributed by atoms with Crippen LogP contribution in [0.1, 0.15) is 17.2 Å². The van der Waals surface area contributed by atoms with E-state index in [1.807, 2.05) is 6.07 Å². The molecule has 0 amide bonds. The van der Waals surface area contributed by atoms with Gasteiger partial charge in [0, 0.05) is 27.7 Å². The number of pyridine rings is 1. The van der Waals surface area contributed by atoms with E-state index in [4.69, 9.17) is 34.8 Å². The molecule has 106 valence electrons. The van der Waals surface area contributed by atoms with Gasteiger partial charge in [-0.15, -0.1) is 0 Å². The molecule has 0 aliphatic heterocycles. The highest BCUT2D eigenvalue weighted by atomic mass is 35.5. The molecule has 0 fully saturated rings. The second-order valence-corrected chi connectivity index (χ2v) is 5.77. The second-order valence-electron chi connectivity index (χ2n) is 4.58. The fraction of sp³-hybridized carbons (Fsp3) is 0.0625. The summed E-state index contributed by atoms with van der Waals surface area (Å²) in [6.45, 7) is 0. The largest absolute Gasteiger partial charge is 0.384 e. The summed E-state index contributed by atoms with van der Waals surface area (Å²) in [6, 6.07) is 12.3. The lowest BCUT2D eigenvalue weighted by Crippen LogP contribution is -2.02. The SMILES string of the molecule is OC(c1cccc(Cl)c1Cl)c1ccc(Cl)c2cccnc12. The number of aliphatic hydroxyl groups excluding tert-OH is 1. The molecule has 2 aromatic carbocycles. The molecule has 1 aromatic heterocycles. The van der Waals surface area contributed by atoms with Crippen LogP contribution in [0, 0.1) is 0 Å². The van der Waals surface area contributed by atoms with Crippen LogP contribution >= 0.6 is 34.8 Å². The van der Waals surface area contributed by atoms with E-state index in [-0.39, 0.29) is 0 Å². The lowest BCUT2D eigenvalue weighted by atomic mass is 9.98. The van der Waals surface area contributed by atoms with E-state index in [9.17, 15) is 5.11 Å². The van der Waals surface area contributed by atoms with Crippen LogP contribution in [-0.2, 0) is 0 Å². The second kappa shape index (κ2) is 5.82. The van der Waals surface area contributed by atoms with Gasteiger partial charge in [-0.25, -0.2) is 0 Å². The Hall–Kier alpha value is -1.32. The van der Waals surface area contributed by atoms with Gasteiger partial charge < -0.3 is 5.11 Å². The first kappa shape index (κ1) is 14.6. The number of fused-ring (bicyclic) bond motifs is 1. The molecule has 2 nitrogen and oxygen atoms in total. The number of aromatic nitrogens is 1. The van der Waals surface area contributed by atoms with Crippen molar-refractivity contribution in [2.75, 3.05) is 0 Å². The van der Waals surface area contributed by atoms with E-state index >= 15 is 0 Å². The summed E-state index contributed by atoms with van der Waals surface area (Å²) in [5.74, 6) is 0. The molecule has 1 atom stereocenters. The Morgan fingerprint density at radius 3 is 2.48 bits per heavy atom. The summed E-state index contributed by atoms with van der Waals surface area (Å²) in [6.07, 6.45) is 0.736. The molecule has 3 aromatic rings. The average Bonchev–Trinajstić information content (AvgIpc) is 2.50. The molecule has 5 heteroatoms. The molecule has 1 unspecified atom stereocenters. The van der Waals surface area contributed by atoms with Crippen molar-refractivity contribution in [1.29, 1.82) is 0 Å². The van der Waals surface area contributed by atoms with E-state index in [2.05, 4.69) is 4.98 Å². The van der Waals surface area contributed by atoms with Crippen LogP contribution in [0.15, 0.2) is 48.7 Å². The van der Waals surface area contributed by atoms with Crippen LogP contribution < -0.4 is 0 Å². The predicted molar refractivity (Wildman–Crippen MR) is 87.3 cm³/mol. The smallest absolute Gasteiger partial charge is 0.108 e. The number of hydrogen-bond acceptors (Lipinski definition) is 2. The van der Waals surface area contributed by atoms with Crippen molar-refractivity contribution in [1.82, 2.24) is 4.98 Å². The fourth-order valence-electron chi connectivity index (χ4n) is 2.28. The van der Waals surface area contributed by atoms with Crippen LogP contribution in [0.3, 0.4) is 0 Å². The highest BCUT2D eigenvalue weighted by Crippen LogP contribution is 2.36. The summed E-state index contributed by atoms with van der Waals surface area (Å²) in [5.41, 5.74) is 1.83. The molecule has 0 bridgehead atoms. The topological polar surface area (TPSA) is 33.1 Å². The fourth-order valence-corrected chi connectivity index (χ4v) is 2.91. The predicted octanol–water partition coefficient (Wildman–Crippen LogP) is 5.28. The van der Waals surface area contributed by atoms with Gasteiger partial charge in [-0.1, -0.05) is 53.0 Å². The van der Waals surface area contributed by atoms with E-state index in [1.54, 1.807) is 42.6 Å². The third-order valence-electron chi connectivity index (χ3n) is 3.32. The van der Waals surface area contributed by atoms with Crippen molar-refractivity contribution in [3.05, 3.63) is 74.9 Å². The third kappa shape index (κ3) is 2.60. The minimum absolute atomic E-state index is 0.339. The number of aliphatic hydroxyl groups is 1. The molecule has 0 saturated heterocycles. The van der Waals surface area contributed by atoms with Crippen LogP contribution in [0.5, 0.6) is 0 Å². The van der Waals surface area contributed by atoms with Gasteiger partial charge in [0.2, 0.25) is 0 Å². The molecule has 3 rings (SSSR count). The quantitative estimate of drug-likeness (QED) is 0.690. The minimum atomic E-state index is -0.925. The Bertz CT molecular complexity index is 820. The van der Waals surface area contributed by atoms with Crippen molar-refractivity contribution in [2.45, 2.75) is 6.10 Å². The van der Waals surface area contributed by atoms with Gasteiger partial charge in [0.25, 0.3) is 0 Å². The lowest BCUT2D eigenvalue weighted by molar-refractivity contribution is 0.222. The zero-order chi connectivity index (χ0) is 15.0. The Morgan fingerprint density at radius 1 is 0.857 bits per heavy atom. The summed E-state index contributed by atoms with van der Waals surface area (Å²) >= 11 is 18.4. The Kier molecular flexibility index (Phi) is 4.05. The lowest BCUT2D eigenvalue weighted by Gasteiger charge is -2.16. The highest BCUT2D eigenvalue weighted by molar-refractivity contribution is 6.42. The molecule has 0 saturated carbocycles. The molecule has 0 spiro atoms. The number of halogens is 3. The summed E-state index contributed by atoms with van der Waals surface area (Å²) in [7, 11) is 0. The molecule has 21 heavy (non-hydrogen) atoms. The Labute approximate surface area is 136 Å². The van der Waals surface area contributed by atoms with Gasteiger partial charge >= 0.3 is 0 Å². The van der Waals surface area contributed by atoms with E-state index in [0.717, 1.165) is 5.39 Å². The first-order valence-corrected chi connectivity index (χ1v) is 7.38. The van der Waals surface area contributed by atoms with Gasteiger partial charge in [0.05, 0.1) is 15.6 Å². The maximum Gasteiger partial charge on any atom is 0.108 e. The molecule has 0 aliphatic rings. The number of nitrogens with zero attached hydrogens (tertiary/aromatic N) is 1. The number of rotatable bonds is 2. The molecule has 1 heterocycles. The average molecular weight is 339 g/mol. The first-order chi connectivity index (χ1) is 10.1. The number of hydrogen-bond donors (Lipinski definition) is 1. The van der Waals surface area contributed by atoms with Crippen LogP contribution in [-0.4, -0.2) is 10.1 Å².